The maximum atomic E-state index is 12.3. The number of aryl methyl sites for hydroxylation is 1. The fourth-order valence-electron chi connectivity index (χ4n) is 2.26. The number of carbonyl (C=O) groups is 3. The maximum Gasteiger partial charge on any atom is 0.375 e. The van der Waals surface area contributed by atoms with E-state index in [1.54, 1.807) is 26.0 Å². The highest BCUT2D eigenvalue weighted by atomic mass is 32.1. The minimum atomic E-state index is -0.797. The number of hydrogen-bond acceptors (Lipinski definition) is 7. The topological polar surface area (TPSA) is 85.8 Å². The van der Waals surface area contributed by atoms with Gasteiger partial charge in [-0.3, -0.25) is 9.59 Å². The van der Waals surface area contributed by atoms with Gasteiger partial charge < -0.3 is 9.57 Å². The maximum absolute atomic E-state index is 12.3. The van der Waals surface area contributed by atoms with Crippen molar-refractivity contribution in [3.05, 3.63) is 51.0 Å². The van der Waals surface area contributed by atoms with Gasteiger partial charge in [0.2, 0.25) is 0 Å². The van der Waals surface area contributed by atoms with Gasteiger partial charge in [-0.2, -0.15) is 0 Å². The van der Waals surface area contributed by atoms with E-state index in [-0.39, 0.29) is 22.1 Å². The normalized spacial score (nSPS) is 14.7. The van der Waals surface area contributed by atoms with E-state index in [9.17, 15) is 14.4 Å². The first kappa shape index (κ1) is 16.3. The number of imide groups is 1. The van der Waals surface area contributed by atoms with Crippen molar-refractivity contribution in [2.24, 2.45) is 0 Å². The monoisotopic (exact) mass is 346 g/mol. The van der Waals surface area contributed by atoms with Crippen LogP contribution in [0.25, 0.3) is 0 Å². The highest BCUT2D eigenvalue weighted by Gasteiger charge is 2.39. The van der Waals surface area contributed by atoms with E-state index in [0.29, 0.717) is 15.8 Å². The van der Waals surface area contributed by atoms with Gasteiger partial charge in [-0.15, -0.1) is 11.3 Å². The van der Waals surface area contributed by atoms with Crippen molar-refractivity contribution < 1.29 is 24.0 Å². The Kier molecular flexibility index (Phi) is 4.16. The molecule has 2 amide bonds. The number of nitrogens with zero attached hydrogens (tertiary/aromatic N) is 2. The lowest BCUT2D eigenvalue weighted by atomic mass is 10.1. The van der Waals surface area contributed by atoms with Crippen molar-refractivity contribution in [2.75, 3.05) is 7.11 Å². The van der Waals surface area contributed by atoms with Gasteiger partial charge >= 0.3 is 5.97 Å². The number of rotatable bonds is 4. The largest absolute Gasteiger partial charge is 0.375 e. The number of aromatic nitrogens is 1. The van der Waals surface area contributed by atoms with Crippen LogP contribution in [0.4, 0.5) is 0 Å². The molecule has 3 rings (SSSR count). The molecule has 0 bridgehead atoms. The number of fused-ring (bicyclic) bond motifs is 1. The molecule has 1 aliphatic heterocycles. The molecule has 1 aromatic carbocycles. The van der Waals surface area contributed by atoms with Gasteiger partial charge in [0.15, 0.2) is 0 Å². The van der Waals surface area contributed by atoms with Crippen LogP contribution >= 0.6 is 11.3 Å². The minimum Gasteiger partial charge on any atom is -0.375 e. The lowest BCUT2D eigenvalue weighted by molar-refractivity contribution is -0.0581. The van der Waals surface area contributed by atoms with Gasteiger partial charge in [0.05, 0.1) is 16.8 Å². The van der Waals surface area contributed by atoms with Crippen molar-refractivity contribution in [3.63, 3.8) is 0 Å². The first-order valence-electron chi connectivity index (χ1n) is 7.14. The Morgan fingerprint density at radius 3 is 2.33 bits per heavy atom. The Labute approximate surface area is 141 Å². The van der Waals surface area contributed by atoms with Crippen LogP contribution in [0.2, 0.25) is 0 Å². The van der Waals surface area contributed by atoms with Gasteiger partial charge in [-0.25, -0.2) is 9.78 Å². The third-order valence-electron chi connectivity index (χ3n) is 3.63. The molecule has 0 saturated heterocycles. The molecular formula is C16H14N2O5S. The molecular weight excluding hydrogens is 332 g/mol. The second-order valence-corrected chi connectivity index (χ2v) is 6.20. The van der Waals surface area contributed by atoms with E-state index in [2.05, 4.69) is 4.98 Å². The van der Waals surface area contributed by atoms with Crippen LogP contribution in [-0.2, 0) is 9.57 Å². The SMILES string of the molecule is COC(C)c1nc(C)c(C(=O)ON2C(=O)c3ccccc3C2=O)s1. The van der Waals surface area contributed by atoms with Crippen LogP contribution in [-0.4, -0.2) is 34.9 Å². The zero-order valence-electron chi connectivity index (χ0n) is 13.2. The molecule has 1 aromatic heterocycles. The summed E-state index contributed by atoms with van der Waals surface area (Å²) in [4.78, 5) is 46.3. The zero-order valence-corrected chi connectivity index (χ0v) is 14.0. The average molecular weight is 346 g/mol. The lowest BCUT2D eigenvalue weighted by Crippen LogP contribution is -2.32. The van der Waals surface area contributed by atoms with E-state index in [4.69, 9.17) is 9.57 Å². The molecule has 8 heteroatoms. The van der Waals surface area contributed by atoms with E-state index in [1.165, 1.54) is 19.2 Å². The summed E-state index contributed by atoms with van der Waals surface area (Å²) < 4.78 is 5.17. The van der Waals surface area contributed by atoms with E-state index < -0.39 is 17.8 Å². The van der Waals surface area contributed by atoms with Gasteiger partial charge in [0.25, 0.3) is 11.8 Å². The van der Waals surface area contributed by atoms with Crippen molar-refractivity contribution in [1.82, 2.24) is 10.0 Å². The molecule has 0 radical (unpaired) electrons. The Hall–Kier alpha value is -2.58. The predicted octanol–water partition coefficient (Wildman–Crippen LogP) is 2.53. The number of ether oxygens (including phenoxy) is 1. The highest BCUT2D eigenvalue weighted by molar-refractivity contribution is 7.13. The highest BCUT2D eigenvalue weighted by Crippen LogP contribution is 2.28. The molecule has 0 saturated carbocycles. The molecule has 24 heavy (non-hydrogen) atoms. The predicted molar refractivity (Wildman–Crippen MR) is 84.6 cm³/mol. The third-order valence-corrected chi connectivity index (χ3v) is 4.93. The van der Waals surface area contributed by atoms with Gasteiger partial charge in [-0.05, 0) is 26.0 Å². The molecule has 7 nitrogen and oxygen atoms in total. The van der Waals surface area contributed by atoms with Crippen LogP contribution in [0.5, 0.6) is 0 Å². The number of benzene rings is 1. The number of thiazole rings is 1. The standard InChI is InChI=1S/C16H14N2O5S/c1-8-12(24-13(17-8)9(2)22-3)16(21)23-18-14(19)10-6-4-5-7-11(10)15(18)20/h4-7,9H,1-3H3. The summed E-state index contributed by atoms with van der Waals surface area (Å²) in [5.74, 6) is -2.11. The summed E-state index contributed by atoms with van der Waals surface area (Å²) >= 11 is 1.11. The molecule has 0 fully saturated rings. The Balaban J connectivity index is 1.83. The first-order chi connectivity index (χ1) is 11.4. The molecule has 0 N–H and O–H groups in total. The number of hydrogen-bond donors (Lipinski definition) is 0. The minimum absolute atomic E-state index is 0.213. The van der Waals surface area contributed by atoms with Crippen molar-refractivity contribution in [3.8, 4) is 0 Å². The molecule has 1 aliphatic rings. The summed E-state index contributed by atoms with van der Waals surface area (Å²) in [7, 11) is 1.54. The molecule has 2 aromatic rings. The lowest BCUT2D eigenvalue weighted by Gasteiger charge is -2.11. The fourth-order valence-corrected chi connectivity index (χ4v) is 3.22. The van der Waals surface area contributed by atoms with Crippen LogP contribution < -0.4 is 0 Å². The van der Waals surface area contributed by atoms with E-state index >= 15 is 0 Å². The molecule has 1 atom stereocenters. The van der Waals surface area contributed by atoms with Crippen LogP contribution in [0.3, 0.4) is 0 Å². The molecule has 0 spiro atoms. The molecule has 0 aliphatic carbocycles. The van der Waals surface area contributed by atoms with Crippen LogP contribution in [0.1, 0.15) is 54.1 Å². The summed E-state index contributed by atoms with van der Waals surface area (Å²) in [6.45, 7) is 3.46. The fraction of sp³-hybridized carbons (Fsp3) is 0.250. The Morgan fingerprint density at radius 1 is 1.21 bits per heavy atom. The summed E-state index contributed by atoms with van der Waals surface area (Å²) in [5, 5.41) is 1.11. The van der Waals surface area contributed by atoms with Crippen LogP contribution in [0, 0.1) is 6.92 Å². The average Bonchev–Trinajstić information content (AvgIpc) is 3.08. The van der Waals surface area contributed by atoms with E-state index in [0.717, 1.165) is 11.3 Å². The number of carbonyl (C=O) groups excluding carboxylic acids is 3. The number of hydroxylamine groups is 2. The van der Waals surface area contributed by atoms with Crippen LogP contribution in [0.15, 0.2) is 24.3 Å². The van der Waals surface area contributed by atoms with E-state index in [1.807, 2.05) is 0 Å². The van der Waals surface area contributed by atoms with Crippen molar-refractivity contribution in [1.29, 1.82) is 0 Å². The summed E-state index contributed by atoms with van der Waals surface area (Å²) in [6.07, 6.45) is -0.269. The van der Waals surface area contributed by atoms with Gasteiger partial charge in [0.1, 0.15) is 16.0 Å². The Bertz CT molecular complexity index is 810. The first-order valence-corrected chi connectivity index (χ1v) is 7.96. The smallest absolute Gasteiger partial charge is 0.375 e. The summed E-state index contributed by atoms with van der Waals surface area (Å²) in [5.41, 5.74) is 0.885. The quantitative estimate of drug-likeness (QED) is 0.791. The Morgan fingerprint density at radius 2 is 1.79 bits per heavy atom. The number of methoxy groups -OCH3 is 1. The zero-order chi connectivity index (χ0) is 17.4. The molecule has 124 valence electrons. The molecule has 2 heterocycles. The summed E-state index contributed by atoms with van der Waals surface area (Å²) in [6, 6.07) is 6.31. The molecule has 1 unspecified atom stereocenters. The van der Waals surface area contributed by atoms with Gasteiger partial charge in [0, 0.05) is 7.11 Å². The van der Waals surface area contributed by atoms with Gasteiger partial charge in [-0.1, -0.05) is 17.2 Å². The number of amides is 2. The second-order valence-electron chi connectivity index (χ2n) is 5.17. The van der Waals surface area contributed by atoms with Crippen molar-refractivity contribution >= 4 is 29.1 Å². The van der Waals surface area contributed by atoms with Crippen molar-refractivity contribution in [2.45, 2.75) is 20.0 Å². The second kappa shape index (κ2) is 6.14. The third kappa shape index (κ3) is 2.59.